The molecule has 0 saturated heterocycles. The summed E-state index contributed by atoms with van der Waals surface area (Å²) in [4.78, 5) is 0. The van der Waals surface area contributed by atoms with E-state index in [1.807, 2.05) is 0 Å². The van der Waals surface area contributed by atoms with Crippen LogP contribution in [0.4, 0.5) is 0 Å². The van der Waals surface area contributed by atoms with Crippen LogP contribution in [0.25, 0.3) is 0 Å². The summed E-state index contributed by atoms with van der Waals surface area (Å²) in [5.41, 5.74) is 5.59. The van der Waals surface area contributed by atoms with Gasteiger partial charge < -0.3 is 0 Å². The highest BCUT2D eigenvalue weighted by Gasteiger charge is 2.06. The van der Waals surface area contributed by atoms with E-state index in [0.717, 1.165) is 0 Å². The van der Waals surface area contributed by atoms with Crippen LogP contribution in [-0.4, -0.2) is 0 Å². The van der Waals surface area contributed by atoms with Crippen LogP contribution in [0, 0.1) is 0 Å². The van der Waals surface area contributed by atoms with Gasteiger partial charge in [0, 0.05) is 0 Å². The van der Waals surface area contributed by atoms with Gasteiger partial charge in [-0.25, -0.2) is 0 Å². The van der Waals surface area contributed by atoms with Crippen LogP contribution in [0.2, 0.25) is 0 Å². The third kappa shape index (κ3) is 1.83. The van der Waals surface area contributed by atoms with Gasteiger partial charge in [0.2, 0.25) is 0 Å². The van der Waals surface area contributed by atoms with E-state index in [0.29, 0.717) is 0 Å². The second-order valence-corrected chi connectivity index (χ2v) is 3.41. The molecule has 1 rings (SSSR count). The number of hydrogen-bond acceptors (Lipinski definition) is 0. The zero-order valence-electron chi connectivity index (χ0n) is 7.70. The molecule has 0 heterocycles. The fourth-order valence-electron chi connectivity index (χ4n) is 1.31. The summed E-state index contributed by atoms with van der Waals surface area (Å²) in [6.07, 6.45) is 4.66. The molecule has 0 nitrogen and oxygen atoms in total. The van der Waals surface area contributed by atoms with Crippen LogP contribution in [0.1, 0.15) is 33.6 Å². The molecule has 0 spiro atoms. The monoisotopic (exact) mass is 148 g/mol. The molecule has 11 heavy (non-hydrogen) atoms. The summed E-state index contributed by atoms with van der Waals surface area (Å²) in [6, 6.07) is 0. The van der Waals surface area contributed by atoms with Crippen LogP contribution in [0.5, 0.6) is 0 Å². The van der Waals surface area contributed by atoms with Crippen molar-refractivity contribution in [1.29, 1.82) is 0 Å². The normalized spacial score (nSPS) is 18.3. The lowest BCUT2D eigenvalue weighted by molar-refractivity contribution is 0.894. The highest BCUT2D eigenvalue weighted by molar-refractivity contribution is 5.39. The second kappa shape index (κ2) is 3.08. The predicted octanol–water partition coefficient (Wildman–Crippen LogP) is 3.62. The molecule has 0 heteroatoms. The van der Waals surface area contributed by atoms with Gasteiger partial charge in [0.25, 0.3) is 0 Å². The molecule has 0 bridgehead atoms. The third-order valence-electron chi connectivity index (χ3n) is 2.38. The van der Waals surface area contributed by atoms with Crippen molar-refractivity contribution in [2.45, 2.75) is 33.6 Å². The van der Waals surface area contributed by atoms with Gasteiger partial charge in [0.05, 0.1) is 0 Å². The van der Waals surface area contributed by atoms with Gasteiger partial charge in [0.1, 0.15) is 0 Å². The van der Waals surface area contributed by atoms with Gasteiger partial charge in [-0.05, 0) is 39.2 Å². The quantitative estimate of drug-likeness (QED) is 0.532. The summed E-state index contributed by atoms with van der Waals surface area (Å²) in [5.74, 6) is 0. The van der Waals surface area contributed by atoms with Gasteiger partial charge in [-0.2, -0.15) is 0 Å². The molecule has 60 valence electrons. The Balaban J connectivity index is 2.89. The Morgan fingerprint density at radius 3 is 2.45 bits per heavy atom. The minimum atomic E-state index is 1.18. The Bertz CT molecular complexity index is 239. The molecule has 1 aliphatic carbocycles. The Hall–Kier alpha value is -0.780. The first-order valence-electron chi connectivity index (χ1n) is 4.14. The largest absolute Gasteiger partial charge is 0.0958 e. The van der Waals surface area contributed by atoms with E-state index in [1.54, 1.807) is 0 Å². The summed E-state index contributed by atoms with van der Waals surface area (Å²) in [7, 11) is 0. The van der Waals surface area contributed by atoms with Crippen molar-refractivity contribution in [3.63, 3.8) is 0 Å². The van der Waals surface area contributed by atoms with Crippen molar-refractivity contribution in [3.05, 3.63) is 34.9 Å². The molecule has 0 aromatic rings. The smallest absolute Gasteiger partial charge is 0.0239 e. The van der Waals surface area contributed by atoms with Crippen LogP contribution >= 0.6 is 0 Å². The fourth-order valence-corrected chi connectivity index (χ4v) is 1.31. The third-order valence-corrected chi connectivity index (χ3v) is 2.38. The molecule has 0 aromatic carbocycles. The maximum Gasteiger partial charge on any atom is -0.0239 e. The predicted molar refractivity (Wildman–Crippen MR) is 50.5 cm³/mol. The fraction of sp³-hybridized carbons (Fsp3) is 0.455. The van der Waals surface area contributed by atoms with Crippen molar-refractivity contribution in [2.75, 3.05) is 0 Å². The molecule has 1 aliphatic rings. The first-order chi connectivity index (χ1) is 5.11. The molecule has 0 N–H and O–H groups in total. The molecule has 0 aromatic heterocycles. The summed E-state index contributed by atoms with van der Waals surface area (Å²) in [5, 5.41) is 0. The molecule has 0 atom stereocenters. The Labute approximate surface area is 69.3 Å². The zero-order valence-corrected chi connectivity index (χ0v) is 7.70. The second-order valence-electron chi connectivity index (χ2n) is 3.41. The van der Waals surface area contributed by atoms with Gasteiger partial charge in [0.15, 0.2) is 0 Å². The molecule has 0 amide bonds. The lowest BCUT2D eigenvalue weighted by Crippen LogP contribution is -1.95. The van der Waals surface area contributed by atoms with E-state index in [4.69, 9.17) is 0 Å². The van der Waals surface area contributed by atoms with E-state index in [2.05, 4.69) is 33.4 Å². The Morgan fingerprint density at radius 2 is 2.00 bits per heavy atom. The molecular formula is C11H16. The minimum absolute atomic E-state index is 1.18. The van der Waals surface area contributed by atoms with Crippen molar-refractivity contribution >= 4 is 0 Å². The molecule has 0 radical (unpaired) electrons. The van der Waals surface area contributed by atoms with Crippen molar-refractivity contribution in [3.8, 4) is 0 Å². The minimum Gasteiger partial charge on any atom is -0.0958 e. The Kier molecular flexibility index (Phi) is 2.33. The number of rotatable bonds is 1. The van der Waals surface area contributed by atoms with Crippen molar-refractivity contribution < 1.29 is 0 Å². The molecule has 0 saturated carbocycles. The van der Waals surface area contributed by atoms with E-state index < -0.39 is 0 Å². The highest BCUT2D eigenvalue weighted by atomic mass is 14.1. The van der Waals surface area contributed by atoms with E-state index in [1.165, 1.54) is 35.1 Å². The summed E-state index contributed by atoms with van der Waals surface area (Å²) >= 11 is 0. The van der Waals surface area contributed by atoms with Crippen LogP contribution in [-0.2, 0) is 0 Å². The van der Waals surface area contributed by atoms with Gasteiger partial charge in [-0.1, -0.05) is 29.4 Å². The van der Waals surface area contributed by atoms with Gasteiger partial charge in [-0.15, -0.1) is 0 Å². The number of hydrogen-bond donors (Lipinski definition) is 0. The average Bonchev–Trinajstić information content (AvgIpc) is 1.94. The summed E-state index contributed by atoms with van der Waals surface area (Å²) < 4.78 is 0. The topological polar surface area (TPSA) is 0 Å². The van der Waals surface area contributed by atoms with Crippen LogP contribution in [0.15, 0.2) is 34.9 Å². The van der Waals surface area contributed by atoms with Gasteiger partial charge >= 0.3 is 0 Å². The lowest BCUT2D eigenvalue weighted by Gasteiger charge is -2.15. The van der Waals surface area contributed by atoms with Crippen LogP contribution < -0.4 is 0 Å². The van der Waals surface area contributed by atoms with Crippen molar-refractivity contribution in [1.82, 2.24) is 0 Å². The Morgan fingerprint density at radius 1 is 1.36 bits per heavy atom. The standard InChI is InChI=1S/C11H16/c1-8(2)11-6-5-9(3)10(4)7-11/h7H,1,5-6H2,2-4H3. The summed E-state index contributed by atoms with van der Waals surface area (Å²) in [6.45, 7) is 10.4. The average molecular weight is 148 g/mol. The van der Waals surface area contributed by atoms with Crippen molar-refractivity contribution in [2.24, 2.45) is 0 Å². The number of allylic oxidation sites excluding steroid dienone is 5. The zero-order chi connectivity index (χ0) is 8.43. The molecule has 0 unspecified atom stereocenters. The maximum absolute atomic E-state index is 3.95. The molecular weight excluding hydrogens is 132 g/mol. The van der Waals surface area contributed by atoms with E-state index in [-0.39, 0.29) is 0 Å². The molecule has 0 fully saturated rings. The highest BCUT2D eigenvalue weighted by Crippen LogP contribution is 2.26. The maximum atomic E-state index is 3.95. The molecule has 0 aliphatic heterocycles. The first kappa shape index (κ1) is 8.32. The van der Waals surface area contributed by atoms with Crippen LogP contribution in [0.3, 0.4) is 0 Å². The first-order valence-corrected chi connectivity index (χ1v) is 4.14. The van der Waals surface area contributed by atoms with E-state index in [9.17, 15) is 0 Å². The lowest BCUT2D eigenvalue weighted by atomic mass is 9.91. The SMILES string of the molecule is C=C(C)C1=CC(C)=C(C)CC1. The van der Waals surface area contributed by atoms with E-state index >= 15 is 0 Å². The van der Waals surface area contributed by atoms with Gasteiger partial charge in [-0.3, -0.25) is 0 Å².